The van der Waals surface area contributed by atoms with Crippen LogP contribution in [0.3, 0.4) is 0 Å². The summed E-state index contributed by atoms with van der Waals surface area (Å²) >= 11 is 9.25. The molecule has 2 aromatic heterocycles. The van der Waals surface area contributed by atoms with E-state index < -0.39 is 5.97 Å². The SMILES string of the molecule is Cc1c(C(=O)O)oc2ccc(SN(CCc3ccccc3)c3ccccc3N3CCN(C(=O)c4sccc4Cl)CC3)cc12. The number of carbonyl (C=O) groups excluding carboxylic acids is 1. The molecule has 1 fully saturated rings. The lowest BCUT2D eigenvalue weighted by molar-refractivity contribution is 0.0663. The number of thiophene rings is 1. The molecule has 1 aliphatic heterocycles. The molecule has 1 saturated heterocycles. The van der Waals surface area contributed by atoms with Crippen LogP contribution >= 0.6 is 34.9 Å². The fourth-order valence-corrected chi connectivity index (χ4v) is 7.45. The standard InChI is InChI=1S/C33H30ClN3O4S2/c1-22-25-21-24(11-12-29(25)41-30(22)33(39)40)43-37(15-13-23-7-3-2-4-8-23)28-10-6-5-9-27(28)35-16-18-36(19-17-35)32(38)31-26(34)14-20-42-31/h2-12,14,20-21H,13,15-19H2,1H3,(H,39,40). The lowest BCUT2D eigenvalue weighted by Crippen LogP contribution is -2.49. The Bertz CT molecular complexity index is 1760. The zero-order valence-corrected chi connectivity index (χ0v) is 25.9. The topological polar surface area (TPSA) is 77.2 Å². The molecule has 1 N–H and O–H groups in total. The van der Waals surface area contributed by atoms with Crippen LogP contribution in [-0.4, -0.2) is 54.6 Å². The molecule has 0 bridgehead atoms. The average molecular weight is 632 g/mol. The van der Waals surface area contributed by atoms with Crippen molar-refractivity contribution in [3.63, 3.8) is 0 Å². The van der Waals surface area contributed by atoms with E-state index in [9.17, 15) is 14.7 Å². The van der Waals surface area contributed by atoms with Gasteiger partial charge in [-0.05, 0) is 72.6 Å². The van der Waals surface area contributed by atoms with E-state index >= 15 is 0 Å². The smallest absolute Gasteiger partial charge is 0.372 e. The number of aryl methyl sites for hydroxylation is 1. The van der Waals surface area contributed by atoms with Crippen molar-refractivity contribution in [3.8, 4) is 0 Å². The Labute approximate surface area is 263 Å². The minimum Gasteiger partial charge on any atom is -0.475 e. The number of nitrogens with zero attached hydrogens (tertiary/aromatic N) is 3. The molecule has 3 aromatic carbocycles. The maximum absolute atomic E-state index is 13.1. The molecule has 0 spiro atoms. The Hall–Kier alpha value is -3.92. The van der Waals surface area contributed by atoms with Crippen molar-refractivity contribution in [3.05, 3.63) is 111 Å². The van der Waals surface area contributed by atoms with Crippen molar-refractivity contribution in [2.24, 2.45) is 0 Å². The third kappa shape index (κ3) is 6.25. The first-order valence-corrected chi connectivity index (χ1v) is 16.0. The molecule has 0 unspecified atom stereocenters. The van der Waals surface area contributed by atoms with Crippen LogP contribution < -0.4 is 9.21 Å². The summed E-state index contributed by atoms with van der Waals surface area (Å²) in [6.07, 6.45) is 0.849. The number of furan rings is 1. The summed E-state index contributed by atoms with van der Waals surface area (Å²) < 4.78 is 7.91. The van der Waals surface area contributed by atoms with E-state index in [1.807, 2.05) is 34.5 Å². The van der Waals surface area contributed by atoms with Gasteiger partial charge in [-0.3, -0.25) is 4.79 Å². The molecule has 10 heteroatoms. The highest BCUT2D eigenvalue weighted by Crippen LogP contribution is 2.39. The molecule has 0 atom stereocenters. The largest absolute Gasteiger partial charge is 0.475 e. The van der Waals surface area contributed by atoms with Crippen molar-refractivity contribution in [1.82, 2.24) is 4.90 Å². The fourth-order valence-electron chi connectivity index (χ4n) is 5.36. The van der Waals surface area contributed by atoms with Gasteiger partial charge in [0.15, 0.2) is 0 Å². The first-order chi connectivity index (χ1) is 20.9. The molecule has 1 amide bonds. The zero-order valence-electron chi connectivity index (χ0n) is 23.5. The molecule has 0 saturated carbocycles. The van der Waals surface area contributed by atoms with Crippen LogP contribution in [0.2, 0.25) is 5.02 Å². The maximum atomic E-state index is 13.1. The number of fused-ring (bicyclic) bond motifs is 1. The van der Waals surface area contributed by atoms with Gasteiger partial charge >= 0.3 is 5.97 Å². The Morgan fingerprint density at radius 2 is 1.74 bits per heavy atom. The van der Waals surface area contributed by atoms with Crippen molar-refractivity contribution in [1.29, 1.82) is 0 Å². The van der Waals surface area contributed by atoms with Crippen LogP contribution in [0.5, 0.6) is 0 Å². The minimum atomic E-state index is -1.07. The number of hydrogen-bond donors (Lipinski definition) is 1. The second-order valence-electron chi connectivity index (χ2n) is 10.3. The molecule has 220 valence electrons. The summed E-state index contributed by atoms with van der Waals surface area (Å²) in [5, 5.41) is 12.7. The molecule has 1 aliphatic rings. The third-order valence-corrected chi connectivity index (χ3v) is 10.0. The van der Waals surface area contributed by atoms with Crippen molar-refractivity contribution >= 4 is 69.1 Å². The lowest BCUT2D eigenvalue weighted by atomic mass is 10.1. The number of halogens is 1. The summed E-state index contributed by atoms with van der Waals surface area (Å²) in [5.41, 5.74) is 4.62. The predicted molar refractivity (Wildman–Crippen MR) is 175 cm³/mol. The number of para-hydroxylation sites is 2. The highest BCUT2D eigenvalue weighted by molar-refractivity contribution is 8.00. The summed E-state index contributed by atoms with van der Waals surface area (Å²) in [7, 11) is 0. The Morgan fingerprint density at radius 1 is 1.00 bits per heavy atom. The van der Waals surface area contributed by atoms with Crippen LogP contribution in [0, 0.1) is 6.92 Å². The molecule has 7 nitrogen and oxygen atoms in total. The van der Waals surface area contributed by atoms with Crippen molar-refractivity contribution in [2.75, 3.05) is 41.9 Å². The second-order valence-corrected chi connectivity index (χ2v) is 12.7. The number of aromatic carboxylic acids is 1. The van der Waals surface area contributed by atoms with E-state index in [0.29, 0.717) is 47.2 Å². The number of amides is 1. The molecule has 5 aromatic rings. The van der Waals surface area contributed by atoms with E-state index in [0.717, 1.165) is 34.6 Å². The van der Waals surface area contributed by atoms with E-state index in [1.165, 1.54) is 16.9 Å². The molecule has 0 aliphatic carbocycles. The van der Waals surface area contributed by atoms with Crippen LogP contribution in [-0.2, 0) is 6.42 Å². The first-order valence-electron chi connectivity index (χ1n) is 14.0. The highest BCUT2D eigenvalue weighted by Gasteiger charge is 2.27. The van der Waals surface area contributed by atoms with Crippen molar-refractivity contribution < 1.29 is 19.1 Å². The Kier molecular flexibility index (Phi) is 8.65. The number of carboxylic acid groups (broad SMARTS) is 1. The van der Waals surface area contributed by atoms with Gasteiger partial charge in [0.05, 0.1) is 16.4 Å². The molecule has 6 rings (SSSR count). The van der Waals surface area contributed by atoms with Gasteiger partial charge in [-0.15, -0.1) is 11.3 Å². The quantitative estimate of drug-likeness (QED) is 0.166. The number of piperazine rings is 1. The summed E-state index contributed by atoms with van der Waals surface area (Å²) in [6.45, 7) is 5.18. The van der Waals surface area contributed by atoms with Gasteiger partial charge in [-0.25, -0.2) is 4.79 Å². The Balaban J connectivity index is 1.27. The monoisotopic (exact) mass is 631 g/mol. The number of carbonyl (C=O) groups is 2. The van der Waals surface area contributed by atoms with Gasteiger partial charge in [0.2, 0.25) is 5.76 Å². The van der Waals surface area contributed by atoms with Gasteiger partial charge in [-0.2, -0.15) is 0 Å². The van der Waals surface area contributed by atoms with Gasteiger partial charge in [0.25, 0.3) is 5.91 Å². The maximum Gasteiger partial charge on any atom is 0.372 e. The number of hydrogen-bond acceptors (Lipinski definition) is 7. The van der Waals surface area contributed by atoms with Gasteiger partial charge in [0.1, 0.15) is 10.5 Å². The molecular formula is C33H30ClN3O4S2. The summed E-state index contributed by atoms with van der Waals surface area (Å²) in [4.78, 5) is 30.5. The summed E-state index contributed by atoms with van der Waals surface area (Å²) in [5.74, 6) is -1.10. The third-order valence-electron chi connectivity index (χ3n) is 7.63. The van der Waals surface area contributed by atoms with Gasteiger partial charge in [0, 0.05) is 48.6 Å². The molecule has 3 heterocycles. The van der Waals surface area contributed by atoms with Gasteiger partial charge in [-0.1, -0.05) is 54.1 Å². The lowest BCUT2D eigenvalue weighted by Gasteiger charge is -2.38. The number of carboxylic acids is 1. The average Bonchev–Trinajstić information content (AvgIpc) is 3.62. The first kappa shape index (κ1) is 29.2. The summed E-state index contributed by atoms with van der Waals surface area (Å²) in [6, 6.07) is 26.4. The van der Waals surface area contributed by atoms with E-state index in [-0.39, 0.29) is 11.7 Å². The predicted octanol–water partition coefficient (Wildman–Crippen LogP) is 7.87. The minimum absolute atomic E-state index is 0.0102. The Morgan fingerprint density at radius 3 is 2.47 bits per heavy atom. The van der Waals surface area contributed by atoms with Crippen LogP contribution in [0.25, 0.3) is 11.0 Å². The zero-order chi connectivity index (χ0) is 29.9. The van der Waals surface area contributed by atoms with Crippen LogP contribution in [0.4, 0.5) is 11.4 Å². The molecule has 0 radical (unpaired) electrons. The normalized spacial score (nSPS) is 13.4. The highest BCUT2D eigenvalue weighted by atomic mass is 35.5. The van der Waals surface area contributed by atoms with Crippen molar-refractivity contribution in [2.45, 2.75) is 18.2 Å². The fraction of sp³-hybridized carbons (Fsp3) is 0.212. The number of anilines is 2. The van der Waals surface area contributed by atoms with E-state index in [1.54, 1.807) is 24.9 Å². The van der Waals surface area contributed by atoms with Crippen LogP contribution in [0.1, 0.15) is 31.4 Å². The van der Waals surface area contributed by atoms with Crippen LogP contribution in [0.15, 0.2) is 93.6 Å². The van der Waals surface area contributed by atoms with E-state index in [4.69, 9.17) is 16.0 Å². The molecule has 43 heavy (non-hydrogen) atoms. The van der Waals surface area contributed by atoms with Gasteiger partial charge < -0.3 is 23.6 Å². The van der Waals surface area contributed by atoms with E-state index in [2.05, 4.69) is 57.7 Å². The number of benzene rings is 3. The second kappa shape index (κ2) is 12.8. The molecular weight excluding hydrogens is 602 g/mol. The number of rotatable bonds is 9.